The SMILES string of the molecule is CCCOc1cccc(C(Cc2ccc(Br)cn2)NC)c1. The topological polar surface area (TPSA) is 34.1 Å². The summed E-state index contributed by atoms with van der Waals surface area (Å²) in [6, 6.07) is 12.6. The number of likely N-dealkylation sites (N-methyl/N-ethyl adjacent to an activating group) is 1. The highest BCUT2D eigenvalue weighted by Gasteiger charge is 2.11. The van der Waals surface area contributed by atoms with E-state index in [2.05, 4.69) is 45.3 Å². The van der Waals surface area contributed by atoms with Crippen molar-refractivity contribution >= 4 is 15.9 Å². The van der Waals surface area contributed by atoms with Crippen LogP contribution in [-0.4, -0.2) is 18.6 Å². The minimum atomic E-state index is 0.226. The minimum absolute atomic E-state index is 0.226. The predicted molar refractivity (Wildman–Crippen MR) is 89.7 cm³/mol. The van der Waals surface area contributed by atoms with E-state index < -0.39 is 0 Å². The molecule has 0 saturated heterocycles. The van der Waals surface area contributed by atoms with Gasteiger partial charge in [0.15, 0.2) is 0 Å². The molecule has 0 spiro atoms. The van der Waals surface area contributed by atoms with Crippen molar-refractivity contribution in [1.29, 1.82) is 0 Å². The van der Waals surface area contributed by atoms with Gasteiger partial charge in [-0.15, -0.1) is 0 Å². The van der Waals surface area contributed by atoms with Crippen molar-refractivity contribution in [3.63, 3.8) is 0 Å². The van der Waals surface area contributed by atoms with Gasteiger partial charge in [0, 0.05) is 28.8 Å². The molecule has 21 heavy (non-hydrogen) atoms. The second-order valence-corrected chi connectivity index (χ2v) is 5.85. The lowest BCUT2D eigenvalue weighted by atomic mass is 10.0. The number of hydrogen-bond acceptors (Lipinski definition) is 3. The van der Waals surface area contributed by atoms with Crippen molar-refractivity contribution in [2.75, 3.05) is 13.7 Å². The standard InChI is InChI=1S/C17H21BrN2O/c1-3-9-21-16-6-4-5-13(10-16)17(19-2)11-15-8-7-14(18)12-20-15/h4-8,10,12,17,19H,3,9,11H2,1-2H3. The lowest BCUT2D eigenvalue weighted by Gasteiger charge is -2.17. The monoisotopic (exact) mass is 348 g/mol. The fraction of sp³-hybridized carbons (Fsp3) is 0.353. The maximum Gasteiger partial charge on any atom is 0.119 e. The molecule has 4 heteroatoms. The van der Waals surface area contributed by atoms with Crippen molar-refractivity contribution < 1.29 is 4.74 Å². The van der Waals surface area contributed by atoms with Crippen molar-refractivity contribution in [1.82, 2.24) is 10.3 Å². The van der Waals surface area contributed by atoms with Gasteiger partial charge >= 0.3 is 0 Å². The Hall–Kier alpha value is -1.39. The van der Waals surface area contributed by atoms with Gasteiger partial charge in [0.25, 0.3) is 0 Å². The second kappa shape index (κ2) is 8.15. The Balaban J connectivity index is 2.11. The summed E-state index contributed by atoms with van der Waals surface area (Å²) in [4.78, 5) is 4.45. The van der Waals surface area contributed by atoms with Crippen LogP contribution in [0.3, 0.4) is 0 Å². The van der Waals surface area contributed by atoms with Gasteiger partial charge in [-0.1, -0.05) is 19.1 Å². The Morgan fingerprint density at radius 1 is 1.29 bits per heavy atom. The molecule has 1 aromatic carbocycles. The number of pyridine rings is 1. The van der Waals surface area contributed by atoms with Gasteiger partial charge in [0.05, 0.1) is 6.61 Å². The molecule has 1 unspecified atom stereocenters. The van der Waals surface area contributed by atoms with E-state index >= 15 is 0 Å². The number of nitrogens with one attached hydrogen (secondary N) is 1. The Bertz CT molecular complexity index is 557. The van der Waals surface area contributed by atoms with E-state index in [9.17, 15) is 0 Å². The largest absolute Gasteiger partial charge is 0.494 e. The summed E-state index contributed by atoms with van der Waals surface area (Å²) in [5.41, 5.74) is 2.29. The maximum atomic E-state index is 5.71. The van der Waals surface area contributed by atoms with Crippen LogP contribution in [0.4, 0.5) is 0 Å². The number of benzene rings is 1. The van der Waals surface area contributed by atoms with E-state index in [0.717, 1.165) is 35.4 Å². The Morgan fingerprint density at radius 2 is 2.14 bits per heavy atom. The molecule has 2 rings (SSSR count). The Morgan fingerprint density at radius 3 is 2.81 bits per heavy atom. The molecule has 0 aliphatic heterocycles. The lowest BCUT2D eigenvalue weighted by Crippen LogP contribution is -2.19. The highest BCUT2D eigenvalue weighted by molar-refractivity contribution is 9.10. The second-order valence-electron chi connectivity index (χ2n) is 4.93. The molecular weight excluding hydrogens is 328 g/mol. The number of ether oxygens (including phenoxy) is 1. The van der Waals surface area contributed by atoms with Crippen LogP contribution in [0.25, 0.3) is 0 Å². The smallest absolute Gasteiger partial charge is 0.119 e. The molecule has 0 amide bonds. The zero-order valence-electron chi connectivity index (χ0n) is 12.5. The van der Waals surface area contributed by atoms with Gasteiger partial charge in [-0.25, -0.2) is 0 Å². The number of aromatic nitrogens is 1. The molecule has 112 valence electrons. The van der Waals surface area contributed by atoms with Gasteiger partial charge in [-0.2, -0.15) is 0 Å². The number of halogens is 1. The first-order valence-corrected chi connectivity index (χ1v) is 8.02. The summed E-state index contributed by atoms with van der Waals surface area (Å²) in [5.74, 6) is 0.929. The van der Waals surface area contributed by atoms with Gasteiger partial charge < -0.3 is 10.1 Å². The van der Waals surface area contributed by atoms with Crippen molar-refractivity contribution in [2.45, 2.75) is 25.8 Å². The summed E-state index contributed by atoms with van der Waals surface area (Å²) < 4.78 is 6.71. The molecule has 1 atom stereocenters. The average Bonchev–Trinajstić information content (AvgIpc) is 2.52. The normalized spacial score (nSPS) is 12.1. The fourth-order valence-corrected chi connectivity index (χ4v) is 2.40. The molecule has 1 heterocycles. The van der Waals surface area contributed by atoms with E-state index in [-0.39, 0.29) is 6.04 Å². The van der Waals surface area contributed by atoms with Crippen LogP contribution >= 0.6 is 15.9 Å². The number of hydrogen-bond donors (Lipinski definition) is 1. The molecule has 1 N–H and O–H groups in total. The zero-order valence-corrected chi connectivity index (χ0v) is 14.1. The summed E-state index contributed by atoms with van der Waals surface area (Å²) in [6.45, 7) is 2.86. The quantitative estimate of drug-likeness (QED) is 0.816. The molecular formula is C17H21BrN2O. The highest BCUT2D eigenvalue weighted by atomic mass is 79.9. The molecule has 0 bridgehead atoms. The molecule has 0 radical (unpaired) electrons. The zero-order chi connectivity index (χ0) is 15.1. The third kappa shape index (κ3) is 4.83. The van der Waals surface area contributed by atoms with Gasteiger partial charge in [0.1, 0.15) is 5.75 Å². The molecule has 2 aromatic rings. The third-order valence-electron chi connectivity index (χ3n) is 3.28. The van der Waals surface area contributed by atoms with Crippen LogP contribution in [-0.2, 0) is 6.42 Å². The van der Waals surface area contributed by atoms with Gasteiger partial charge in [-0.05, 0) is 59.2 Å². The molecule has 0 fully saturated rings. The number of rotatable bonds is 7. The van der Waals surface area contributed by atoms with Crippen LogP contribution < -0.4 is 10.1 Å². The molecule has 3 nitrogen and oxygen atoms in total. The summed E-state index contributed by atoms with van der Waals surface area (Å²) >= 11 is 3.41. The third-order valence-corrected chi connectivity index (χ3v) is 3.75. The first-order chi connectivity index (χ1) is 10.2. The fourth-order valence-electron chi connectivity index (χ4n) is 2.16. The van der Waals surface area contributed by atoms with Gasteiger partial charge in [-0.3, -0.25) is 4.98 Å². The minimum Gasteiger partial charge on any atom is -0.494 e. The van der Waals surface area contributed by atoms with E-state index in [1.54, 1.807) is 0 Å². The van der Waals surface area contributed by atoms with E-state index in [4.69, 9.17) is 4.74 Å². The molecule has 0 saturated carbocycles. The van der Waals surface area contributed by atoms with Crippen LogP contribution in [0, 0.1) is 0 Å². The maximum absolute atomic E-state index is 5.71. The van der Waals surface area contributed by atoms with Crippen molar-refractivity contribution in [3.05, 3.63) is 58.3 Å². The summed E-state index contributed by atoms with van der Waals surface area (Å²) in [5, 5.41) is 3.36. The molecule has 1 aromatic heterocycles. The first kappa shape index (κ1) is 16.0. The summed E-state index contributed by atoms with van der Waals surface area (Å²) in [7, 11) is 1.98. The van der Waals surface area contributed by atoms with Crippen molar-refractivity contribution in [3.8, 4) is 5.75 Å². The van der Waals surface area contributed by atoms with Crippen LogP contribution in [0.15, 0.2) is 47.1 Å². The van der Waals surface area contributed by atoms with E-state index in [0.29, 0.717) is 0 Å². The average molecular weight is 349 g/mol. The predicted octanol–water partition coefficient (Wildman–Crippen LogP) is 4.14. The van der Waals surface area contributed by atoms with Crippen molar-refractivity contribution in [2.24, 2.45) is 0 Å². The molecule has 0 aliphatic carbocycles. The van der Waals surface area contributed by atoms with E-state index in [1.807, 2.05) is 37.5 Å². The van der Waals surface area contributed by atoms with Crippen LogP contribution in [0.2, 0.25) is 0 Å². The summed E-state index contributed by atoms with van der Waals surface area (Å²) in [6.07, 6.45) is 3.70. The Labute approximate surface area is 134 Å². The van der Waals surface area contributed by atoms with Gasteiger partial charge in [0.2, 0.25) is 0 Å². The lowest BCUT2D eigenvalue weighted by molar-refractivity contribution is 0.316. The first-order valence-electron chi connectivity index (χ1n) is 7.23. The molecule has 0 aliphatic rings. The Kier molecular flexibility index (Phi) is 6.21. The number of nitrogens with zero attached hydrogens (tertiary/aromatic N) is 1. The van der Waals surface area contributed by atoms with Crippen LogP contribution in [0.1, 0.15) is 30.6 Å². The van der Waals surface area contributed by atoms with Crippen LogP contribution in [0.5, 0.6) is 5.75 Å². The van der Waals surface area contributed by atoms with E-state index in [1.165, 1.54) is 5.56 Å². The highest BCUT2D eigenvalue weighted by Crippen LogP contribution is 2.22.